The zero-order valence-corrected chi connectivity index (χ0v) is 12.7. The minimum atomic E-state index is 0.834. The molecule has 102 valence electrons. The van der Waals surface area contributed by atoms with Crippen molar-refractivity contribution in [1.29, 1.82) is 0 Å². The van der Waals surface area contributed by atoms with Crippen molar-refractivity contribution in [2.45, 2.75) is 71.3 Å². The first-order chi connectivity index (χ1) is 8.24. The maximum absolute atomic E-state index is 4.24. The van der Waals surface area contributed by atoms with Gasteiger partial charge in [0.15, 0.2) is 0 Å². The van der Waals surface area contributed by atoms with Gasteiger partial charge >= 0.3 is 0 Å². The second-order valence-corrected chi connectivity index (χ2v) is 6.33. The number of thiol groups is 1. The molecular weight excluding hydrogens is 226 g/mol. The van der Waals surface area contributed by atoms with Crippen LogP contribution in [0.1, 0.15) is 65.2 Å². The van der Waals surface area contributed by atoms with E-state index < -0.39 is 0 Å². The van der Waals surface area contributed by atoms with Crippen LogP contribution in [0.25, 0.3) is 0 Å². The van der Waals surface area contributed by atoms with Crippen LogP contribution in [0.4, 0.5) is 0 Å². The van der Waals surface area contributed by atoms with Gasteiger partial charge in [-0.05, 0) is 44.4 Å². The van der Waals surface area contributed by atoms with Crippen LogP contribution in [0.5, 0.6) is 0 Å². The molecule has 1 nitrogen and oxygen atoms in total. The first-order valence-electron chi connectivity index (χ1n) is 7.59. The van der Waals surface area contributed by atoms with Crippen molar-refractivity contribution < 1.29 is 0 Å². The molecule has 0 aromatic carbocycles. The molecule has 1 saturated heterocycles. The summed E-state index contributed by atoms with van der Waals surface area (Å²) in [6.45, 7) is 7.45. The minimum Gasteiger partial charge on any atom is -0.300 e. The van der Waals surface area contributed by atoms with Gasteiger partial charge in [-0.2, -0.15) is 12.6 Å². The molecule has 0 amide bonds. The van der Waals surface area contributed by atoms with E-state index in [9.17, 15) is 0 Å². The van der Waals surface area contributed by atoms with Crippen molar-refractivity contribution in [3.63, 3.8) is 0 Å². The molecule has 0 spiro atoms. The Kier molecular flexibility index (Phi) is 8.38. The van der Waals surface area contributed by atoms with Gasteiger partial charge in [-0.3, -0.25) is 0 Å². The first-order valence-corrected chi connectivity index (χ1v) is 8.22. The van der Waals surface area contributed by atoms with Gasteiger partial charge in [0.25, 0.3) is 0 Å². The predicted molar refractivity (Wildman–Crippen MR) is 81.0 cm³/mol. The lowest BCUT2D eigenvalue weighted by Gasteiger charge is -2.20. The van der Waals surface area contributed by atoms with Crippen molar-refractivity contribution in [2.75, 3.05) is 18.8 Å². The summed E-state index contributed by atoms with van der Waals surface area (Å²) in [5.74, 6) is 1.98. The third-order valence-electron chi connectivity index (χ3n) is 4.02. The van der Waals surface area contributed by atoms with Crippen LogP contribution in [0.15, 0.2) is 0 Å². The lowest BCUT2D eigenvalue weighted by molar-refractivity contribution is 0.258. The quantitative estimate of drug-likeness (QED) is 0.474. The molecule has 2 unspecified atom stereocenters. The SMILES string of the molecule is CC1CC(C)N(CCCCCCCCCS)C1. The zero-order valence-electron chi connectivity index (χ0n) is 11.8. The van der Waals surface area contributed by atoms with E-state index >= 15 is 0 Å². The Morgan fingerprint density at radius 3 is 2.06 bits per heavy atom. The zero-order chi connectivity index (χ0) is 12.5. The van der Waals surface area contributed by atoms with E-state index in [0.29, 0.717) is 0 Å². The third kappa shape index (κ3) is 6.71. The fourth-order valence-electron chi connectivity index (χ4n) is 3.01. The molecule has 1 fully saturated rings. The van der Waals surface area contributed by atoms with Crippen LogP contribution < -0.4 is 0 Å². The Morgan fingerprint density at radius 2 is 1.53 bits per heavy atom. The number of hydrogen-bond donors (Lipinski definition) is 1. The normalized spacial score (nSPS) is 25.6. The Balaban J connectivity index is 1.87. The molecule has 0 N–H and O–H groups in total. The molecule has 0 aromatic rings. The van der Waals surface area contributed by atoms with E-state index in [4.69, 9.17) is 0 Å². The van der Waals surface area contributed by atoms with Gasteiger partial charge in [-0.25, -0.2) is 0 Å². The van der Waals surface area contributed by atoms with Crippen molar-refractivity contribution in [3.05, 3.63) is 0 Å². The summed E-state index contributed by atoms with van der Waals surface area (Å²) in [5.41, 5.74) is 0. The summed E-state index contributed by atoms with van der Waals surface area (Å²) in [5, 5.41) is 0. The lowest BCUT2D eigenvalue weighted by Crippen LogP contribution is -2.28. The van der Waals surface area contributed by atoms with Gasteiger partial charge in [-0.15, -0.1) is 0 Å². The van der Waals surface area contributed by atoms with Crippen LogP contribution >= 0.6 is 12.6 Å². The van der Waals surface area contributed by atoms with Crippen molar-refractivity contribution in [3.8, 4) is 0 Å². The monoisotopic (exact) mass is 257 g/mol. The standard InChI is InChI=1S/C15H31NS/c1-14-12-15(2)16(13-14)10-8-6-4-3-5-7-9-11-17/h14-15,17H,3-13H2,1-2H3. The van der Waals surface area contributed by atoms with Gasteiger partial charge in [0.2, 0.25) is 0 Å². The maximum Gasteiger partial charge on any atom is 0.00700 e. The molecule has 0 radical (unpaired) electrons. The van der Waals surface area contributed by atoms with Crippen LogP contribution in [-0.4, -0.2) is 29.8 Å². The van der Waals surface area contributed by atoms with Gasteiger partial charge in [0.05, 0.1) is 0 Å². The fraction of sp³-hybridized carbons (Fsp3) is 1.00. The molecule has 2 atom stereocenters. The second kappa shape index (κ2) is 9.27. The summed E-state index contributed by atoms with van der Waals surface area (Å²) >= 11 is 4.24. The molecule has 0 aromatic heterocycles. The molecule has 1 aliphatic heterocycles. The van der Waals surface area contributed by atoms with Crippen LogP contribution in [0, 0.1) is 5.92 Å². The number of hydrogen-bond acceptors (Lipinski definition) is 2. The molecule has 0 bridgehead atoms. The number of unbranched alkanes of at least 4 members (excludes halogenated alkanes) is 6. The van der Waals surface area contributed by atoms with Gasteiger partial charge in [0.1, 0.15) is 0 Å². The average Bonchev–Trinajstić information content (AvgIpc) is 2.61. The highest BCUT2D eigenvalue weighted by molar-refractivity contribution is 7.80. The second-order valence-electron chi connectivity index (χ2n) is 5.88. The summed E-state index contributed by atoms with van der Waals surface area (Å²) < 4.78 is 0. The molecular formula is C15H31NS. The van der Waals surface area contributed by atoms with Crippen molar-refractivity contribution in [1.82, 2.24) is 4.90 Å². The van der Waals surface area contributed by atoms with Crippen molar-refractivity contribution in [2.24, 2.45) is 5.92 Å². The lowest BCUT2D eigenvalue weighted by atomic mass is 10.1. The van der Waals surface area contributed by atoms with Gasteiger partial charge < -0.3 is 4.90 Å². The average molecular weight is 257 g/mol. The van der Waals surface area contributed by atoms with Crippen LogP contribution in [-0.2, 0) is 0 Å². The summed E-state index contributed by atoms with van der Waals surface area (Å²) in [4.78, 5) is 2.69. The Hall–Kier alpha value is 0.310. The number of rotatable bonds is 9. The van der Waals surface area contributed by atoms with Crippen LogP contribution in [0.3, 0.4) is 0 Å². The fourth-order valence-corrected chi connectivity index (χ4v) is 3.23. The summed E-state index contributed by atoms with van der Waals surface area (Å²) in [7, 11) is 0. The van der Waals surface area contributed by atoms with Crippen LogP contribution in [0.2, 0.25) is 0 Å². The summed E-state index contributed by atoms with van der Waals surface area (Å²) in [6, 6.07) is 0.834. The van der Waals surface area contributed by atoms with E-state index in [1.54, 1.807) is 0 Å². The maximum atomic E-state index is 4.24. The highest BCUT2D eigenvalue weighted by atomic mass is 32.1. The Bertz CT molecular complexity index is 184. The van der Waals surface area contributed by atoms with Crippen molar-refractivity contribution >= 4 is 12.6 Å². The van der Waals surface area contributed by atoms with E-state index in [1.807, 2.05) is 0 Å². The first kappa shape index (κ1) is 15.4. The third-order valence-corrected chi connectivity index (χ3v) is 4.33. The van der Waals surface area contributed by atoms with E-state index in [0.717, 1.165) is 17.7 Å². The highest BCUT2D eigenvalue weighted by Crippen LogP contribution is 2.22. The molecule has 1 heterocycles. The Morgan fingerprint density at radius 1 is 0.941 bits per heavy atom. The molecule has 17 heavy (non-hydrogen) atoms. The molecule has 2 heteroatoms. The number of likely N-dealkylation sites (tertiary alicyclic amines) is 1. The molecule has 0 aliphatic carbocycles. The predicted octanol–water partition coefficient (Wildman–Crippen LogP) is 4.38. The molecule has 1 aliphatic rings. The molecule has 0 saturated carbocycles. The Labute approximate surface area is 114 Å². The highest BCUT2D eigenvalue weighted by Gasteiger charge is 2.24. The minimum absolute atomic E-state index is 0.834. The summed E-state index contributed by atoms with van der Waals surface area (Å²) in [6.07, 6.45) is 11.2. The molecule has 1 rings (SSSR count). The smallest absolute Gasteiger partial charge is 0.00700 e. The number of nitrogens with zero attached hydrogens (tertiary/aromatic N) is 1. The van der Waals surface area contributed by atoms with E-state index in [-0.39, 0.29) is 0 Å². The van der Waals surface area contributed by atoms with E-state index in [2.05, 4.69) is 31.4 Å². The van der Waals surface area contributed by atoms with Gasteiger partial charge in [0, 0.05) is 12.6 Å². The van der Waals surface area contributed by atoms with E-state index in [1.165, 1.54) is 64.5 Å². The van der Waals surface area contributed by atoms with Gasteiger partial charge in [-0.1, -0.05) is 39.0 Å². The topological polar surface area (TPSA) is 3.24 Å². The largest absolute Gasteiger partial charge is 0.300 e.